The van der Waals surface area contributed by atoms with Gasteiger partial charge in [0.1, 0.15) is 22.2 Å². The summed E-state index contributed by atoms with van der Waals surface area (Å²) in [7, 11) is 0. The first-order chi connectivity index (χ1) is 27.0. The summed E-state index contributed by atoms with van der Waals surface area (Å²) in [5.41, 5.74) is 15.8. The van der Waals surface area contributed by atoms with Gasteiger partial charge in [0.25, 0.3) is 0 Å². The third kappa shape index (κ3) is 5.17. The zero-order chi connectivity index (χ0) is 37.3. The fourth-order valence-electron chi connectivity index (χ4n) is 9.54. The van der Waals surface area contributed by atoms with Crippen molar-refractivity contribution in [1.29, 1.82) is 0 Å². The lowest BCUT2D eigenvalue weighted by Gasteiger charge is -2.24. The van der Waals surface area contributed by atoms with Gasteiger partial charge in [0.2, 0.25) is 0 Å². The van der Waals surface area contributed by atoms with Crippen molar-refractivity contribution in [2.24, 2.45) is 0 Å². The van der Waals surface area contributed by atoms with Crippen LogP contribution in [-0.4, -0.2) is 4.98 Å². The van der Waals surface area contributed by atoms with Crippen LogP contribution in [0.15, 0.2) is 155 Å². The first-order valence-corrected chi connectivity index (χ1v) is 19.5. The molecule has 8 aromatic rings. The quantitative estimate of drug-likeness (QED) is 0.198. The second kappa shape index (κ2) is 12.9. The highest BCUT2D eigenvalue weighted by molar-refractivity contribution is 6.11. The number of aromatic amines is 1. The Labute approximate surface area is 320 Å². The average molecular weight is 714 g/mol. The van der Waals surface area contributed by atoms with E-state index in [4.69, 9.17) is 8.83 Å². The number of rotatable bonds is 3. The number of nitrogens with one attached hydrogen (secondary N) is 1. The van der Waals surface area contributed by atoms with Crippen molar-refractivity contribution in [3.05, 3.63) is 179 Å². The van der Waals surface area contributed by atoms with E-state index in [9.17, 15) is 0 Å². The molecule has 1 atom stereocenters. The van der Waals surface area contributed by atoms with Crippen molar-refractivity contribution < 1.29 is 8.83 Å². The van der Waals surface area contributed by atoms with E-state index in [1.54, 1.807) is 11.6 Å². The summed E-state index contributed by atoms with van der Waals surface area (Å²) in [4.78, 5) is 3.69. The Bertz CT molecular complexity index is 3130. The maximum absolute atomic E-state index is 6.32. The van der Waals surface area contributed by atoms with Gasteiger partial charge in [0, 0.05) is 60.1 Å². The Morgan fingerprint density at radius 2 is 1.55 bits per heavy atom. The van der Waals surface area contributed by atoms with Gasteiger partial charge in [-0.15, -0.1) is 0 Å². The molecule has 3 aliphatic rings. The topological polar surface area (TPSA) is 42.1 Å². The molecule has 3 aromatic heterocycles. The zero-order valence-electron chi connectivity index (χ0n) is 31.6. The SMILES string of the molecule is C=C/C=c1/oc2c(C3=CC(c4cccc5c4oc4ccccc45)CC=C3)cccc2/c1=C/C.CC1(C)C2=C(CCC=C2)c2ccc3c([nH]c4ccccc43)c21. The molecular weight excluding hydrogens is 671 g/mol. The van der Waals surface area contributed by atoms with Gasteiger partial charge in [-0.2, -0.15) is 0 Å². The lowest BCUT2D eigenvalue weighted by molar-refractivity contribution is 0.575. The van der Waals surface area contributed by atoms with Crippen LogP contribution in [0.1, 0.15) is 68.2 Å². The van der Waals surface area contributed by atoms with Gasteiger partial charge < -0.3 is 13.8 Å². The van der Waals surface area contributed by atoms with Crippen molar-refractivity contribution in [3.63, 3.8) is 0 Å². The Hall–Kier alpha value is -6.32. The van der Waals surface area contributed by atoms with E-state index in [2.05, 4.69) is 147 Å². The van der Waals surface area contributed by atoms with Gasteiger partial charge in [-0.25, -0.2) is 0 Å². The molecule has 0 bridgehead atoms. The Morgan fingerprint density at radius 1 is 0.745 bits per heavy atom. The second-order valence-electron chi connectivity index (χ2n) is 15.5. The molecule has 0 amide bonds. The predicted molar refractivity (Wildman–Crippen MR) is 233 cm³/mol. The van der Waals surface area contributed by atoms with Gasteiger partial charge >= 0.3 is 0 Å². The molecule has 3 aliphatic carbocycles. The summed E-state index contributed by atoms with van der Waals surface area (Å²) in [6.45, 7) is 10.6. The smallest absolute Gasteiger partial charge is 0.143 e. The molecule has 0 radical (unpaired) electrons. The zero-order valence-corrected chi connectivity index (χ0v) is 31.6. The van der Waals surface area contributed by atoms with Crippen molar-refractivity contribution in [3.8, 4) is 0 Å². The van der Waals surface area contributed by atoms with Gasteiger partial charge in [0.05, 0.1) is 5.52 Å². The number of furan rings is 2. The van der Waals surface area contributed by atoms with Crippen LogP contribution in [0.3, 0.4) is 0 Å². The predicted octanol–water partition coefficient (Wildman–Crippen LogP) is 12.9. The minimum Gasteiger partial charge on any atom is -0.456 e. The molecule has 0 spiro atoms. The normalized spacial score (nSPS) is 18.0. The lowest BCUT2D eigenvalue weighted by Crippen LogP contribution is -2.18. The minimum atomic E-state index is 0.0853. The standard InChI is InChI=1S/C31H24O2.C21H19N/c1-3-10-28-22(4-2)26-16-8-14-23(30(26)32-28)20-11-7-12-21(19-20)24-15-9-17-27-25-13-5-6-18-29(25)33-31(24)27;1-21(2)17-9-5-3-7-13(17)15-11-12-16-14-8-4-6-10-18(14)22-20(16)19(15)21/h3-11,13-19,21H,1,12H2,2H3;4-6,8-12,22H,3,7H2,1-2H3/b22-4-,28-10+;. The van der Waals surface area contributed by atoms with Crippen LogP contribution in [-0.2, 0) is 5.41 Å². The molecule has 3 heteroatoms. The van der Waals surface area contributed by atoms with E-state index in [1.165, 1.54) is 73.3 Å². The van der Waals surface area contributed by atoms with Crippen molar-refractivity contribution in [2.75, 3.05) is 0 Å². The van der Waals surface area contributed by atoms with Gasteiger partial charge in [-0.05, 0) is 72.2 Å². The number of allylic oxidation sites excluding steroid dienone is 9. The molecule has 3 nitrogen and oxygen atoms in total. The molecule has 0 fully saturated rings. The van der Waals surface area contributed by atoms with Crippen molar-refractivity contribution >= 4 is 78.0 Å². The molecule has 0 saturated carbocycles. The number of benzene rings is 5. The summed E-state index contributed by atoms with van der Waals surface area (Å²) < 4.78 is 12.6. The van der Waals surface area contributed by atoms with Crippen LogP contribution in [0.25, 0.3) is 78.0 Å². The molecular formula is C52H43NO2. The van der Waals surface area contributed by atoms with E-state index < -0.39 is 0 Å². The van der Waals surface area contributed by atoms with E-state index in [-0.39, 0.29) is 11.3 Å². The number of H-pyrrole nitrogens is 1. The monoisotopic (exact) mass is 713 g/mol. The van der Waals surface area contributed by atoms with Crippen LogP contribution >= 0.6 is 0 Å². The summed E-state index contributed by atoms with van der Waals surface area (Å²) in [6.07, 6.45) is 20.6. The molecule has 11 rings (SSSR count). The average Bonchev–Trinajstić information content (AvgIpc) is 3.96. The lowest BCUT2D eigenvalue weighted by atomic mass is 9.79. The van der Waals surface area contributed by atoms with Crippen LogP contribution in [0.2, 0.25) is 0 Å². The molecule has 0 saturated heterocycles. The molecule has 1 N–H and O–H groups in total. The molecule has 0 aliphatic heterocycles. The van der Waals surface area contributed by atoms with E-state index in [0.717, 1.165) is 44.8 Å². The minimum absolute atomic E-state index is 0.0853. The highest BCUT2D eigenvalue weighted by Crippen LogP contribution is 2.52. The highest BCUT2D eigenvalue weighted by atomic mass is 16.3. The first-order valence-electron chi connectivity index (χ1n) is 19.5. The molecule has 268 valence electrons. The Kier molecular flexibility index (Phi) is 7.81. The summed E-state index contributed by atoms with van der Waals surface area (Å²) in [6, 6.07) is 34.4. The molecule has 55 heavy (non-hydrogen) atoms. The number of hydrogen-bond acceptors (Lipinski definition) is 2. The van der Waals surface area contributed by atoms with E-state index >= 15 is 0 Å². The summed E-state index contributed by atoms with van der Waals surface area (Å²) >= 11 is 0. The van der Waals surface area contributed by atoms with Crippen LogP contribution in [0.5, 0.6) is 0 Å². The Morgan fingerprint density at radius 3 is 2.42 bits per heavy atom. The second-order valence-corrected chi connectivity index (χ2v) is 15.5. The van der Waals surface area contributed by atoms with Gasteiger partial charge in [0.15, 0.2) is 0 Å². The number of fused-ring (bicyclic) bond motifs is 10. The van der Waals surface area contributed by atoms with Crippen molar-refractivity contribution in [2.45, 2.75) is 51.4 Å². The first kappa shape index (κ1) is 33.3. The van der Waals surface area contributed by atoms with Crippen LogP contribution < -0.4 is 10.6 Å². The van der Waals surface area contributed by atoms with Crippen molar-refractivity contribution in [1.82, 2.24) is 4.98 Å². The largest absolute Gasteiger partial charge is 0.456 e. The van der Waals surface area contributed by atoms with Gasteiger partial charge in [-0.1, -0.05) is 148 Å². The fraction of sp³-hybridized carbons (Fsp3) is 0.154. The van der Waals surface area contributed by atoms with E-state index in [0.29, 0.717) is 0 Å². The third-order valence-electron chi connectivity index (χ3n) is 12.0. The third-order valence-corrected chi connectivity index (χ3v) is 12.0. The number of para-hydroxylation sites is 4. The highest BCUT2D eigenvalue weighted by Gasteiger charge is 2.39. The molecule has 5 aromatic carbocycles. The molecule has 1 unspecified atom stereocenters. The van der Waals surface area contributed by atoms with E-state index in [1.807, 2.05) is 25.1 Å². The maximum atomic E-state index is 6.32. The fourth-order valence-corrected chi connectivity index (χ4v) is 9.54. The Balaban J connectivity index is 0.000000146. The van der Waals surface area contributed by atoms with Crippen LogP contribution in [0, 0.1) is 0 Å². The van der Waals surface area contributed by atoms with Crippen LogP contribution in [0.4, 0.5) is 0 Å². The number of hydrogen-bond donors (Lipinski definition) is 1. The maximum Gasteiger partial charge on any atom is 0.143 e. The summed E-state index contributed by atoms with van der Waals surface area (Å²) in [5.74, 6) is 0.232. The molecule has 3 heterocycles. The number of aromatic nitrogens is 1. The van der Waals surface area contributed by atoms with Gasteiger partial charge in [-0.3, -0.25) is 0 Å². The summed E-state index contributed by atoms with van der Waals surface area (Å²) in [5, 5.41) is 7.26.